The van der Waals surface area contributed by atoms with E-state index in [0.29, 0.717) is 29.5 Å². The second-order valence-electron chi connectivity index (χ2n) is 12.6. The van der Waals surface area contributed by atoms with Gasteiger partial charge in [0.25, 0.3) is 0 Å². The van der Waals surface area contributed by atoms with Gasteiger partial charge in [-0.2, -0.15) is 11.8 Å². The van der Waals surface area contributed by atoms with Gasteiger partial charge in [-0.15, -0.1) is 0 Å². The monoisotopic (exact) mass is 777 g/mol. The van der Waals surface area contributed by atoms with Gasteiger partial charge in [-0.3, -0.25) is 19.2 Å². The third-order valence-electron chi connectivity index (χ3n) is 8.37. The molecule has 4 rings (SSSR count). The lowest BCUT2D eigenvalue weighted by Crippen LogP contribution is -2.62. The zero-order valence-electron chi connectivity index (χ0n) is 30.1. The number of aliphatic hydroxyl groups excluding tert-OH is 2. The van der Waals surface area contributed by atoms with Gasteiger partial charge in [-0.25, -0.2) is 0 Å². The Morgan fingerprint density at radius 1 is 0.774 bits per heavy atom. The lowest BCUT2D eigenvalue weighted by Gasteiger charge is -2.44. The second kappa shape index (κ2) is 20.7. The maximum Gasteiger partial charge on any atom is 0.303 e. The van der Waals surface area contributed by atoms with Gasteiger partial charge in [0.1, 0.15) is 18.8 Å². The molecular weight excluding hydrogens is 731 g/mol. The smallest absolute Gasteiger partial charge is 0.303 e. The summed E-state index contributed by atoms with van der Waals surface area (Å²) < 4.78 is 40.6. The molecule has 0 aliphatic carbocycles. The fourth-order valence-electron chi connectivity index (χ4n) is 6.03. The highest BCUT2D eigenvalue weighted by Gasteiger charge is 2.52. The number of thiocarbonyl (C=S) groups is 1. The number of thioether (sulfide) groups is 1. The van der Waals surface area contributed by atoms with Crippen molar-refractivity contribution in [1.29, 1.82) is 0 Å². The third-order valence-corrected chi connectivity index (χ3v) is 9.76. The molecule has 2 saturated heterocycles. The number of carbonyl (C=O) groups is 4. The largest absolute Gasteiger partial charge is 0.463 e. The summed E-state index contributed by atoms with van der Waals surface area (Å²) in [6.45, 7) is 4.77. The van der Waals surface area contributed by atoms with Crippen LogP contribution in [0.1, 0.15) is 75.2 Å². The van der Waals surface area contributed by atoms with E-state index in [2.05, 4.69) is 5.32 Å². The Morgan fingerprint density at radius 3 is 1.94 bits per heavy atom. The molecule has 3 N–H and O–H groups in total. The van der Waals surface area contributed by atoms with Crippen molar-refractivity contribution in [3.05, 3.63) is 70.8 Å². The number of rotatable bonds is 16. The normalized spacial score (nSPS) is 25.5. The van der Waals surface area contributed by atoms with Gasteiger partial charge in [-0.1, -0.05) is 60.7 Å². The quantitative estimate of drug-likeness (QED) is 0.0975. The molecule has 2 aromatic rings. The van der Waals surface area contributed by atoms with Crippen LogP contribution in [0.25, 0.3) is 0 Å². The molecule has 2 fully saturated rings. The minimum Gasteiger partial charge on any atom is -0.463 e. The zero-order chi connectivity index (χ0) is 38.5. The molecule has 16 heteroatoms. The fourth-order valence-corrected chi connectivity index (χ4v) is 7.04. The Balaban J connectivity index is 1.44. The Hall–Kier alpha value is -3.64. The van der Waals surface area contributed by atoms with Crippen molar-refractivity contribution in [2.45, 2.75) is 103 Å². The fraction of sp³-hybridized carbons (Fsp3) is 0.541. The highest BCUT2D eigenvalue weighted by Crippen LogP contribution is 2.39. The average molecular weight is 778 g/mol. The van der Waals surface area contributed by atoms with E-state index in [1.165, 1.54) is 13.8 Å². The lowest BCUT2D eigenvalue weighted by atomic mass is 9.92. The van der Waals surface area contributed by atoms with Crippen LogP contribution in [-0.2, 0) is 65.5 Å². The third kappa shape index (κ3) is 13.0. The minimum absolute atomic E-state index is 0.0204. The second-order valence-corrected chi connectivity index (χ2v) is 14.3. The molecule has 0 amide bonds. The SMILES string of the molecule is CC(=O)OCC1OC(CC(=S)NCc2ccc(C3OC(CSCCO)CC(c4ccc(CO)cc4)O3)cc2)C(OC(C)=O)C(OC(C)=O)C1OC(C)=O. The highest BCUT2D eigenvalue weighted by molar-refractivity contribution is 7.99. The average Bonchev–Trinajstić information content (AvgIpc) is 3.12. The van der Waals surface area contributed by atoms with Crippen LogP contribution in [0.4, 0.5) is 0 Å². The van der Waals surface area contributed by atoms with E-state index >= 15 is 0 Å². The van der Waals surface area contributed by atoms with Crippen LogP contribution in [0.2, 0.25) is 0 Å². The van der Waals surface area contributed by atoms with Crippen molar-refractivity contribution in [1.82, 2.24) is 5.32 Å². The van der Waals surface area contributed by atoms with E-state index in [1.807, 2.05) is 48.5 Å². The number of carbonyl (C=O) groups excluding carboxylic acids is 4. The van der Waals surface area contributed by atoms with Crippen molar-refractivity contribution in [2.24, 2.45) is 0 Å². The number of nitrogens with one attached hydrogen (secondary N) is 1. The number of hydrogen-bond donors (Lipinski definition) is 3. The van der Waals surface area contributed by atoms with Gasteiger partial charge in [-0.05, 0) is 16.7 Å². The van der Waals surface area contributed by atoms with Gasteiger partial charge in [0, 0.05) is 64.2 Å². The zero-order valence-corrected chi connectivity index (χ0v) is 31.7. The van der Waals surface area contributed by atoms with E-state index in [9.17, 15) is 29.4 Å². The Bertz CT molecular complexity index is 1540. The summed E-state index contributed by atoms with van der Waals surface area (Å²) in [5, 5.41) is 21.9. The first-order valence-corrected chi connectivity index (χ1v) is 18.8. The first-order chi connectivity index (χ1) is 25.4. The number of hydrogen-bond acceptors (Lipinski definition) is 15. The molecule has 0 bridgehead atoms. The molecule has 14 nitrogen and oxygen atoms in total. The van der Waals surface area contributed by atoms with E-state index in [4.69, 9.17) is 45.4 Å². The van der Waals surface area contributed by atoms with Crippen LogP contribution in [-0.4, -0.2) is 100 Å². The van der Waals surface area contributed by atoms with E-state index in [1.54, 1.807) is 11.8 Å². The molecule has 53 heavy (non-hydrogen) atoms. The van der Waals surface area contributed by atoms with Crippen molar-refractivity contribution in [3.63, 3.8) is 0 Å². The van der Waals surface area contributed by atoms with Gasteiger partial charge in [0.2, 0.25) is 0 Å². The number of ether oxygens (including phenoxy) is 7. The molecule has 2 aliphatic rings. The van der Waals surface area contributed by atoms with E-state index in [-0.39, 0.29) is 38.4 Å². The molecule has 0 saturated carbocycles. The number of benzene rings is 2. The molecular formula is C37H47NO13S2. The van der Waals surface area contributed by atoms with Gasteiger partial charge in [0.15, 0.2) is 24.6 Å². The molecule has 0 spiro atoms. The number of aliphatic hydroxyl groups is 2. The van der Waals surface area contributed by atoms with Crippen molar-refractivity contribution in [3.8, 4) is 0 Å². The summed E-state index contributed by atoms with van der Waals surface area (Å²) in [6.07, 6.45) is -6.04. The molecule has 8 atom stereocenters. The Morgan fingerprint density at radius 2 is 1.36 bits per heavy atom. The van der Waals surface area contributed by atoms with Crippen LogP contribution < -0.4 is 5.32 Å². The topological polar surface area (TPSA) is 185 Å². The lowest BCUT2D eigenvalue weighted by molar-refractivity contribution is -0.251. The van der Waals surface area contributed by atoms with E-state index in [0.717, 1.165) is 36.1 Å². The summed E-state index contributed by atoms with van der Waals surface area (Å²) in [6, 6.07) is 15.3. The highest BCUT2D eigenvalue weighted by atomic mass is 32.2. The summed E-state index contributed by atoms with van der Waals surface area (Å²) in [4.78, 5) is 48.3. The van der Waals surface area contributed by atoms with Crippen LogP contribution in [0.15, 0.2) is 48.5 Å². The summed E-state index contributed by atoms with van der Waals surface area (Å²) in [5.41, 5.74) is 3.51. The minimum atomic E-state index is -1.27. The summed E-state index contributed by atoms with van der Waals surface area (Å²) >= 11 is 7.27. The van der Waals surface area contributed by atoms with Crippen LogP contribution >= 0.6 is 24.0 Å². The maximum absolute atomic E-state index is 12.2. The predicted molar refractivity (Wildman–Crippen MR) is 195 cm³/mol. The Kier molecular flexibility index (Phi) is 16.5. The molecule has 2 aliphatic heterocycles. The summed E-state index contributed by atoms with van der Waals surface area (Å²) in [7, 11) is 0. The Labute approximate surface area is 318 Å². The predicted octanol–water partition coefficient (Wildman–Crippen LogP) is 3.38. The number of esters is 4. The first kappa shape index (κ1) is 42.1. The first-order valence-electron chi connectivity index (χ1n) is 17.2. The van der Waals surface area contributed by atoms with Crippen LogP contribution in [0, 0.1) is 0 Å². The van der Waals surface area contributed by atoms with Gasteiger partial charge < -0.3 is 48.7 Å². The molecule has 8 unspecified atom stereocenters. The maximum atomic E-state index is 12.2. The molecule has 2 aromatic carbocycles. The summed E-state index contributed by atoms with van der Waals surface area (Å²) in [5.74, 6) is -1.41. The molecule has 2 heterocycles. The van der Waals surface area contributed by atoms with Crippen molar-refractivity contribution < 1.29 is 62.5 Å². The molecule has 0 radical (unpaired) electrons. The van der Waals surface area contributed by atoms with Gasteiger partial charge >= 0.3 is 23.9 Å². The van der Waals surface area contributed by atoms with Crippen LogP contribution in [0.3, 0.4) is 0 Å². The van der Waals surface area contributed by atoms with Crippen LogP contribution in [0.5, 0.6) is 0 Å². The molecule has 0 aromatic heterocycles. The van der Waals surface area contributed by atoms with Crippen molar-refractivity contribution >= 4 is 52.8 Å². The van der Waals surface area contributed by atoms with Crippen molar-refractivity contribution in [2.75, 3.05) is 24.7 Å². The van der Waals surface area contributed by atoms with E-state index < -0.39 is 60.7 Å². The standard InChI is InChI=1S/C37H47NO13S2/c1-21(41)45-19-32-35(47-23(3)43)36(48-24(4)44)34(46-22(2)42)31(50-32)16-33(52)38-17-25-5-11-28(12-6-25)37-49-29(20-53-14-13-39)15-30(51-37)27-9-7-26(18-40)8-10-27/h5-12,29-32,34-37,39-40H,13-20H2,1-4H3,(H,38,52). The van der Waals surface area contributed by atoms with Gasteiger partial charge in [0.05, 0.1) is 30.4 Å². The molecule has 290 valence electrons.